The van der Waals surface area contributed by atoms with Crippen molar-refractivity contribution in [3.05, 3.63) is 29.8 Å². The number of likely N-dealkylation sites (N-methyl/N-ethyl adjacent to an activating group) is 1. The van der Waals surface area contributed by atoms with Gasteiger partial charge < -0.3 is 15.3 Å². The molecule has 1 aromatic rings. The number of benzene rings is 1. The zero-order chi connectivity index (χ0) is 16.3. The van der Waals surface area contributed by atoms with Crippen molar-refractivity contribution in [3.63, 3.8) is 0 Å². The first kappa shape index (κ1) is 15.8. The summed E-state index contributed by atoms with van der Waals surface area (Å²) in [6.45, 7) is 4.53. The van der Waals surface area contributed by atoms with E-state index >= 15 is 0 Å². The predicted octanol–water partition coefficient (Wildman–Crippen LogP) is 0.853. The number of hydrogen-bond donors (Lipinski definition) is 2. The standard InChI is InChI=1S/C15H19N3O4/c1-3-17-8-9-18(14(21)13(17)20)15(22)16-10(2)11-4-6-12(19)7-5-11/h4-7,10,19H,3,8-9H2,1-2H3,(H,16,22). The van der Waals surface area contributed by atoms with Crippen molar-refractivity contribution in [2.75, 3.05) is 19.6 Å². The normalized spacial score (nSPS) is 16.6. The topological polar surface area (TPSA) is 89.9 Å². The van der Waals surface area contributed by atoms with Gasteiger partial charge in [-0.05, 0) is 31.5 Å². The molecule has 0 bridgehead atoms. The minimum absolute atomic E-state index is 0.138. The van der Waals surface area contributed by atoms with Gasteiger partial charge in [-0.25, -0.2) is 4.79 Å². The Morgan fingerprint density at radius 2 is 1.86 bits per heavy atom. The summed E-state index contributed by atoms with van der Waals surface area (Å²) in [5, 5.41) is 11.9. The fraction of sp³-hybridized carbons (Fsp3) is 0.400. The van der Waals surface area contributed by atoms with Gasteiger partial charge >= 0.3 is 17.8 Å². The molecule has 7 heteroatoms. The molecule has 1 unspecified atom stereocenters. The number of nitrogens with one attached hydrogen (secondary N) is 1. The van der Waals surface area contributed by atoms with E-state index in [2.05, 4.69) is 5.32 Å². The van der Waals surface area contributed by atoms with Crippen LogP contribution in [0, 0.1) is 0 Å². The third-order valence-corrected chi connectivity index (χ3v) is 3.67. The highest BCUT2D eigenvalue weighted by atomic mass is 16.3. The van der Waals surface area contributed by atoms with Crippen LogP contribution in [-0.2, 0) is 9.59 Å². The molecule has 118 valence electrons. The maximum atomic E-state index is 12.2. The summed E-state index contributed by atoms with van der Waals surface area (Å²) in [6, 6.07) is 5.47. The van der Waals surface area contributed by atoms with Crippen molar-refractivity contribution in [3.8, 4) is 5.75 Å². The maximum Gasteiger partial charge on any atom is 0.325 e. The van der Waals surface area contributed by atoms with Gasteiger partial charge in [0.2, 0.25) is 0 Å². The Morgan fingerprint density at radius 1 is 1.23 bits per heavy atom. The predicted molar refractivity (Wildman–Crippen MR) is 79.0 cm³/mol. The van der Waals surface area contributed by atoms with Crippen LogP contribution in [0.4, 0.5) is 4.79 Å². The largest absolute Gasteiger partial charge is 0.508 e. The molecule has 2 N–H and O–H groups in total. The molecule has 22 heavy (non-hydrogen) atoms. The van der Waals surface area contributed by atoms with Gasteiger partial charge in [0.15, 0.2) is 0 Å². The lowest BCUT2D eigenvalue weighted by molar-refractivity contribution is -0.153. The minimum Gasteiger partial charge on any atom is -0.508 e. The van der Waals surface area contributed by atoms with Crippen LogP contribution in [-0.4, -0.2) is 52.4 Å². The van der Waals surface area contributed by atoms with Crippen LogP contribution >= 0.6 is 0 Å². The van der Waals surface area contributed by atoms with Crippen molar-refractivity contribution in [2.24, 2.45) is 0 Å². The molecule has 1 aliphatic heterocycles. The van der Waals surface area contributed by atoms with Crippen LogP contribution in [0.3, 0.4) is 0 Å². The smallest absolute Gasteiger partial charge is 0.325 e. The molecule has 1 aromatic carbocycles. The van der Waals surface area contributed by atoms with Crippen LogP contribution < -0.4 is 5.32 Å². The number of rotatable bonds is 3. The number of amides is 4. The summed E-state index contributed by atoms with van der Waals surface area (Å²) in [7, 11) is 0. The van der Waals surface area contributed by atoms with E-state index in [-0.39, 0.29) is 18.3 Å². The quantitative estimate of drug-likeness (QED) is 0.810. The second-order valence-electron chi connectivity index (χ2n) is 5.10. The van der Waals surface area contributed by atoms with E-state index in [9.17, 15) is 19.5 Å². The zero-order valence-electron chi connectivity index (χ0n) is 12.6. The summed E-state index contributed by atoms with van der Waals surface area (Å²) in [6.07, 6.45) is 0. The molecule has 1 atom stereocenters. The Bertz CT molecular complexity index is 585. The lowest BCUT2D eigenvalue weighted by atomic mass is 10.1. The van der Waals surface area contributed by atoms with E-state index in [0.29, 0.717) is 13.1 Å². The highest BCUT2D eigenvalue weighted by Gasteiger charge is 2.35. The Labute approximate surface area is 128 Å². The molecule has 0 radical (unpaired) electrons. The van der Waals surface area contributed by atoms with Crippen LogP contribution in [0.2, 0.25) is 0 Å². The zero-order valence-corrected chi connectivity index (χ0v) is 12.6. The van der Waals surface area contributed by atoms with E-state index in [1.807, 2.05) is 0 Å². The first-order valence-electron chi connectivity index (χ1n) is 7.14. The Morgan fingerprint density at radius 3 is 2.45 bits per heavy atom. The van der Waals surface area contributed by atoms with Gasteiger partial charge in [0, 0.05) is 19.6 Å². The van der Waals surface area contributed by atoms with Crippen LogP contribution in [0.5, 0.6) is 5.75 Å². The summed E-state index contributed by atoms with van der Waals surface area (Å²) >= 11 is 0. The molecule has 1 saturated heterocycles. The van der Waals surface area contributed by atoms with Gasteiger partial charge in [-0.3, -0.25) is 14.5 Å². The SMILES string of the molecule is CCN1CCN(C(=O)NC(C)c2ccc(O)cc2)C(=O)C1=O. The van der Waals surface area contributed by atoms with Crippen LogP contribution in [0.25, 0.3) is 0 Å². The molecule has 2 rings (SSSR count). The van der Waals surface area contributed by atoms with E-state index in [4.69, 9.17) is 0 Å². The number of imide groups is 1. The van der Waals surface area contributed by atoms with Crippen molar-refractivity contribution >= 4 is 17.8 Å². The van der Waals surface area contributed by atoms with E-state index in [1.54, 1.807) is 26.0 Å². The molecule has 0 spiro atoms. The number of carbonyl (C=O) groups is 3. The minimum atomic E-state index is -0.802. The molecule has 1 aliphatic rings. The second-order valence-corrected chi connectivity index (χ2v) is 5.10. The van der Waals surface area contributed by atoms with Gasteiger partial charge in [-0.1, -0.05) is 12.1 Å². The number of phenols is 1. The molecule has 1 heterocycles. The molecule has 1 fully saturated rings. The molecular weight excluding hydrogens is 286 g/mol. The lowest BCUT2D eigenvalue weighted by Crippen LogP contribution is -2.58. The number of aromatic hydroxyl groups is 1. The maximum absolute atomic E-state index is 12.2. The number of hydrogen-bond acceptors (Lipinski definition) is 4. The van der Waals surface area contributed by atoms with E-state index in [0.717, 1.165) is 10.5 Å². The van der Waals surface area contributed by atoms with E-state index < -0.39 is 17.8 Å². The third-order valence-electron chi connectivity index (χ3n) is 3.67. The summed E-state index contributed by atoms with van der Waals surface area (Å²) in [5.74, 6) is -1.32. The number of phenolic OH excluding ortho intramolecular Hbond substituents is 1. The fourth-order valence-corrected chi connectivity index (χ4v) is 2.28. The number of urea groups is 1. The van der Waals surface area contributed by atoms with Gasteiger partial charge in [0.1, 0.15) is 5.75 Å². The van der Waals surface area contributed by atoms with Gasteiger partial charge in [0.05, 0.1) is 6.04 Å². The monoisotopic (exact) mass is 305 g/mol. The molecule has 0 aliphatic carbocycles. The lowest BCUT2D eigenvalue weighted by Gasteiger charge is -2.32. The summed E-state index contributed by atoms with van der Waals surface area (Å²) in [5.41, 5.74) is 0.789. The highest BCUT2D eigenvalue weighted by molar-refractivity contribution is 6.38. The van der Waals surface area contributed by atoms with Gasteiger partial charge in [0.25, 0.3) is 0 Å². The molecule has 7 nitrogen and oxygen atoms in total. The Balaban J connectivity index is 2.01. The van der Waals surface area contributed by atoms with Gasteiger partial charge in [-0.15, -0.1) is 0 Å². The van der Waals surface area contributed by atoms with E-state index in [1.165, 1.54) is 17.0 Å². The van der Waals surface area contributed by atoms with Crippen LogP contribution in [0.1, 0.15) is 25.5 Å². The van der Waals surface area contributed by atoms with Crippen molar-refractivity contribution in [1.82, 2.24) is 15.1 Å². The fourth-order valence-electron chi connectivity index (χ4n) is 2.28. The van der Waals surface area contributed by atoms with Crippen molar-refractivity contribution in [2.45, 2.75) is 19.9 Å². The molecule has 0 saturated carbocycles. The Hall–Kier alpha value is -2.57. The average molecular weight is 305 g/mol. The first-order chi connectivity index (χ1) is 10.4. The molecule has 0 aromatic heterocycles. The number of nitrogens with zero attached hydrogens (tertiary/aromatic N) is 2. The average Bonchev–Trinajstić information content (AvgIpc) is 2.50. The molecule has 4 amide bonds. The summed E-state index contributed by atoms with van der Waals surface area (Å²) < 4.78 is 0. The number of piperazine rings is 1. The molecular formula is C15H19N3O4. The summed E-state index contributed by atoms with van der Waals surface area (Å²) in [4.78, 5) is 38.3. The van der Waals surface area contributed by atoms with Gasteiger partial charge in [-0.2, -0.15) is 0 Å². The second kappa shape index (κ2) is 6.46. The third kappa shape index (κ3) is 3.19. The highest BCUT2D eigenvalue weighted by Crippen LogP contribution is 2.17. The first-order valence-corrected chi connectivity index (χ1v) is 7.14. The van der Waals surface area contributed by atoms with Crippen LogP contribution in [0.15, 0.2) is 24.3 Å². The van der Waals surface area contributed by atoms with Crippen molar-refractivity contribution < 1.29 is 19.5 Å². The number of carbonyl (C=O) groups excluding carboxylic acids is 3. The van der Waals surface area contributed by atoms with Crippen molar-refractivity contribution in [1.29, 1.82) is 0 Å². The Kier molecular flexibility index (Phi) is 4.65.